The Kier molecular flexibility index (Phi) is 5.16. The van der Waals surface area contributed by atoms with Crippen LogP contribution in [0.2, 0.25) is 0 Å². The van der Waals surface area contributed by atoms with Crippen LogP contribution in [-0.4, -0.2) is 34.8 Å². The number of imidazole rings is 1. The molecule has 138 valence electrons. The number of methoxy groups -OCH3 is 1. The molecule has 0 bridgehead atoms. The van der Waals surface area contributed by atoms with Crippen molar-refractivity contribution in [1.29, 1.82) is 5.41 Å². The van der Waals surface area contributed by atoms with Crippen LogP contribution in [0.4, 0.5) is 5.69 Å². The predicted molar refractivity (Wildman–Crippen MR) is 102 cm³/mol. The lowest BCUT2D eigenvalue weighted by molar-refractivity contribution is -0.140. The van der Waals surface area contributed by atoms with Gasteiger partial charge in [-0.3, -0.25) is 15.0 Å². The molecule has 0 aliphatic rings. The number of amides is 1. The summed E-state index contributed by atoms with van der Waals surface area (Å²) in [6.07, 6.45) is 0.696. The molecule has 1 amide bonds. The number of rotatable bonds is 6. The van der Waals surface area contributed by atoms with Gasteiger partial charge in [0.15, 0.2) is 0 Å². The van der Waals surface area contributed by atoms with Gasteiger partial charge in [0.25, 0.3) is 5.91 Å². The molecule has 2 aromatic carbocycles. The molecular weight excluding hydrogens is 346 g/mol. The van der Waals surface area contributed by atoms with Crippen LogP contribution in [0.15, 0.2) is 42.5 Å². The molecule has 0 fully saturated rings. The Morgan fingerprint density at radius 1 is 1.19 bits per heavy atom. The molecule has 0 atom stereocenters. The van der Waals surface area contributed by atoms with Crippen molar-refractivity contribution in [3.8, 4) is 0 Å². The molecule has 27 heavy (non-hydrogen) atoms. The Bertz CT molecular complexity index is 1010. The highest BCUT2D eigenvalue weighted by Crippen LogP contribution is 2.19. The summed E-state index contributed by atoms with van der Waals surface area (Å²) >= 11 is 0. The molecule has 5 N–H and O–H groups in total. The number of carbonyl (C=O) groups excluding carboxylic acids is 2. The average Bonchev–Trinajstić information content (AvgIpc) is 3.08. The summed E-state index contributed by atoms with van der Waals surface area (Å²) in [4.78, 5) is 31.2. The van der Waals surface area contributed by atoms with E-state index in [9.17, 15) is 9.59 Å². The molecule has 8 nitrogen and oxygen atoms in total. The molecule has 3 aromatic rings. The highest BCUT2D eigenvalue weighted by molar-refractivity contribution is 6.05. The number of aromatic amines is 1. The third kappa shape index (κ3) is 4.30. The molecule has 0 unspecified atom stereocenters. The van der Waals surface area contributed by atoms with Crippen molar-refractivity contribution in [3.63, 3.8) is 0 Å². The van der Waals surface area contributed by atoms with Crippen molar-refractivity contribution in [2.45, 2.75) is 12.8 Å². The van der Waals surface area contributed by atoms with Gasteiger partial charge in [-0.05, 0) is 30.3 Å². The van der Waals surface area contributed by atoms with E-state index in [1.807, 2.05) is 0 Å². The number of H-pyrrole nitrogens is 1. The third-order valence-electron chi connectivity index (χ3n) is 4.04. The van der Waals surface area contributed by atoms with Gasteiger partial charge < -0.3 is 20.8 Å². The molecule has 1 heterocycles. The number of fused-ring (bicyclic) bond motifs is 1. The minimum absolute atomic E-state index is 0.0466. The molecule has 0 aliphatic heterocycles. The smallest absolute Gasteiger partial charge is 0.305 e. The number of nitrogen functional groups attached to an aromatic ring is 1. The number of anilines is 1. The van der Waals surface area contributed by atoms with Gasteiger partial charge in [-0.2, -0.15) is 0 Å². The molecule has 3 rings (SSSR count). The summed E-state index contributed by atoms with van der Waals surface area (Å²) in [7, 11) is 1.35. The standard InChI is InChI=1S/C19H19N5O3/c1-27-17(25)9-8-16-23-14-7-6-13(10-15(14)24-16)22-19(26)12-4-2-11(3-5-12)18(20)21/h2-7,10H,8-9H2,1H3,(H3,20,21)(H,22,26)(H,23,24). The number of ether oxygens (including phenoxy) is 1. The van der Waals surface area contributed by atoms with Crippen molar-refractivity contribution in [2.24, 2.45) is 5.73 Å². The number of nitrogens with two attached hydrogens (primary N) is 1. The van der Waals surface area contributed by atoms with Crippen molar-refractivity contribution in [3.05, 3.63) is 59.4 Å². The number of hydrogen-bond donors (Lipinski definition) is 4. The molecule has 0 spiro atoms. The lowest BCUT2D eigenvalue weighted by Gasteiger charge is -2.06. The predicted octanol–water partition coefficient (Wildman–Crippen LogP) is 2.20. The van der Waals surface area contributed by atoms with Crippen molar-refractivity contribution in [1.82, 2.24) is 9.97 Å². The van der Waals surface area contributed by atoms with Gasteiger partial charge in [0.2, 0.25) is 0 Å². The quantitative estimate of drug-likeness (QED) is 0.302. The number of aromatic nitrogens is 2. The molecule has 0 saturated carbocycles. The Morgan fingerprint density at radius 2 is 1.89 bits per heavy atom. The van der Waals surface area contributed by atoms with Crippen molar-refractivity contribution < 1.29 is 14.3 Å². The zero-order chi connectivity index (χ0) is 19.4. The van der Waals surface area contributed by atoms with E-state index < -0.39 is 0 Å². The van der Waals surface area contributed by atoms with Crippen LogP contribution in [0, 0.1) is 5.41 Å². The number of hydrogen-bond acceptors (Lipinski definition) is 5. The second-order valence-electron chi connectivity index (χ2n) is 5.94. The van der Waals surface area contributed by atoms with E-state index in [0.717, 1.165) is 11.0 Å². The summed E-state index contributed by atoms with van der Waals surface area (Å²) in [6, 6.07) is 11.8. The lowest BCUT2D eigenvalue weighted by Crippen LogP contribution is -2.14. The maximum Gasteiger partial charge on any atom is 0.305 e. The molecule has 1 aromatic heterocycles. The van der Waals surface area contributed by atoms with Crippen LogP contribution < -0.4 is 11.1 Å². The first-order valence-electron chi connectivity index (χ1n) is 8.27. The van der Waals surface area contributed by atoms with Gasteiger partial charge in [0, 0.05) is 23.2 Å². The van der Waals surface area contributed by atoms with Crippen molar-refractivity contribution in [2.75, 3.05) is 12.4 Å². The minimum Gasteiger partial charge on any atom is -0.469 e. The van der Waals surface area contributed by atoms with Gasteiger partial charge in [0.05, 0.1) is 24.6 Å². The number of aryl methyl sites for hydroxylation is 1. The molecule has 8 heteroatoms. The summed E-state index contributed by atoms with van der Waals surface area (Å²) < 4.78 is 4.62. The second kappa shape index (κ2) is 7.69. The van der Waals surface area contributed by atoms with Crippen LogP contribution >= 0.6 is 0 Å². The first-order valence-corrected chi connectivity index (χ1v) is 8.27. The van der Waals surface area contributed by atoms with E-state index >= 15 is 0 Å². The van der Waals surface area contributed by atoms with Gasteiger partial charge in [-0.25, -0.2) is 4.98 Å². The largest absolute Gasteiger partial charge is 0.469 e. The summed E-state index contributed by atoms with van der Waals surface area (Å²) in [6.45, 7) is 0. The minimum atomic E-state index is -0.292. The van der Waals surface area contributed by atoms with Gasteiger partial charge in [0.1, 0.15) is 11.7 Å². The second-order valence-corrected chi connectivity index (χ2v) is 5.94. The maximum atomic E-state index is 12.4. The normalized spacial score (nSPS) is 10.6. The van der Waals surface area contributed by atoms with Crippen LogP contribution in [0.3, 0.4) is 0 Å². The van der Waals surface area contributed by atoms with E-state index in [1.165, 1.54) is 7.11 Å². The van der Waals surface area contributed by atoms with Gasteiger partial charge >= 0.3 is 5.97 Å². The highest BCUT2D eigenvalue weighted by Gasteiger charge is 2.10. The average molecular weight is 365 g/mol. The van der Waals surface area contributed by atoms with E-state index in [0.29, 0.717) is 29.1 Å². The van der Waals surface area contributed by atoms with E-state index in [2.05, 4.69) is 20.0 Å². The first-order chi connectivity index (χ1) is 13.0. The lowest BCUT2D eigenvalue weighted by atomic mass is 10.1. The Labute approximate surface area is 155 Å². The molecule has 0 radical (unpaired) electrons. The van der Waals surface area contributed by atoms with Gasteiger partial charge in [-0.15, -0.1) is 0 Å². The van der Waals surface area contributed by atoms with Crippen LogP contribution in [0.1, 0.15) is 28.2 Å². The monoisotopic (exact) mass is 365 g/mol. The number of nitrogens with zero attached hydrogens (tertiary/aromatic N) is 1. The van der Waals surface area contributed by atoms with E-state index in [4.69, 9.17) is 11.1 Å². The number of benzene rings is 2. The Morgan fingerprint density at radius 3 is 2.56 bits per heavy atom. The highest BCUT2D eigenvalue weighted by atomic mass is 16.5. The molecular formula is C19H19N5O3. The fourth-order valence-electron chi connectivity index (χ4n) is 2.59. The zero-order valence-electron chi connectivity index (χ0n) is 14.7. The topological polar surface area (TPSA) is 134 Å². The zero-order valence-corrected chi connectivity index (χ0v) is 14.7. The number of carbonyl (C=O) groups is 2. The van der Waals surface area contributed by atoms with E-state index in [1.54, 1.807) is 42.5 Å². The van der Waals surface area contributed by atoms with Crippen LogP contribution in [0.5, 0.6) is 0 Å². The number of amidine groups is 1. The molecule has 0 saturated heterocycles. The summed E-state index contributed by atoms with van der Waals surface area (Å²) in [5, 5.41) is 10.2. The fraction of sp³-hybridized carbons (Fsp3) is 0.158. The van der Waals surface area contributed by atoms with Crippen LogP contribution in [-0.2, 0) is 16.0 Å². The van der Waals surface area contributed by atoms with Gasteiger partial charge in [-0.1, -0.05) is 12.1 Å². The summed E-state index contributed by atoms with van der Waals surface area (Å²) in [5.41, 5.74) is 8.56. The van der Waals surface area contributed by atoms with E-state index in [-0.39, 0.29) is 24.1 Å². The van der Waals surface area contributed by atoms with Crippen molar-refractivity contribution >= 4 is 34.4 Å². The molecule has 0 aliphatic carbocycles. The summed E-state index contributed by atoms with van der Waals surface area (Å²) in [5.74, 6) is 0.0717. The third-order valence-corrected chi connectivity index (χ3v) is 4.04. The maximum absolute atomic E-state index is 12.4. The number of esters is 1. The SMILES string of the molecule is COC(=O)CCc1nc2ccc(NC(=O)c3ccc(C(=N)N)cc3)cc2[nH]1. The first kappa shape index (κ1) is 18.1. The fourth-order valence-corrected chi connectivity index (χ4v) is 2.59. The number of nitrogens with one attached hydrogen (secondary N) is 3. The Hall–Kier alpha value is -3.68. The Balaban J connectivity index is 1.71. The van der Waals surface area contributed by atoms with Crippen LogP contribution in [0.25, 0.3) is 11.0 Å².